The first-order valence-electron chi connectivity index (χ1n) is 26.8. The molecule has 406 valence electrons. The Labute approximate surface area is 448 Å². The Morgan fingerprint density at radius 3 is 2.18 bits per heavy atom. The molecule has 7 rings (SSSR count). The van der Waals surface area contributed by atoms with E-state index in [1.165, 1.54) is 23.8 Å². The molecule has 4 heterocycles. The van der Waals surface area contributed by atoms with Gasteiger partial charge in [-0.05, 0) is 127 Å². The number of imide groups is 1. The molecular formula is C60H76N5O10S+. The third kappa shape index (κ3) is 12.4. The molecule has 0 aliphatic carbocycles. The summed E-state index contributed by atoms with van der Waals surface area (Å²) in [7, 11) is -4.43. The second-order valence-electron chi connectivity index (χ2n) is 21.8. The number of hydrogen-bond acceptors (Lipinski definition) is 10. The Hall–Kier alpha value is -6.65. The lowest BCUT2D eigenvalue weighted by molar-refractivity contribution is -0.438. The van der Waals surface area contributed by atoms with E-state index in [1.807, 2.05) is 58.9 Å². The molecule has 1 unspecified atom stereocenters. The summed E-state index contributed by atoms with van der Waals surface area (Å²) >= 11 is 0. The van der Waals surface area contributed by atoms with Crippen LogP contribution in [-0.4, -0.2) is 101 Å². The highest BCUT2D eigenvalue weighted by Gasteiger charge is 2.45. The van der Waals surface area contributed by atoms with Crippen LogP contribution in [0.3, 0.4) is 0 Å². The van der Waals surface area contributed by atoms with Crippen LogP contribution in [-0.2, 0) is 51.3 Å². The average Bonchev–Trinajstić information content (AvgIpc) is 3.95. The Morgan fingerprint density at radius 2 is 1.45 bits per heavy atom. The molecule has 0 radical (unpaired) electrons. The van der Waals surface area contributed by atoms with Crippen molar-refractivity contribution in [1.82, 2.24) is 15.5 Å². The zero-order chi connectivity index (χ0) is 55.2. The van der Waals surface area contributed by atoms with Crippen LogP contribution in [0, 0.1) is 20.8 Å². The second-order valence-corrected chi connectivity index (χ2v) is 23.2. The van der Waals surface area contributed by atoms with E-state index < -0.39 is 21.1 Å². The predicted octanol–water partition coefficient (Wildman–Crippen LogP) is 9.15. The van der Waals surface area contributed by atoms with E-state index in [1.54, 1.807) is 19.1 Å². The van der Waals surface area contributed by atoms with Crippen LogP contribution in [0.25, 0.3) is 0 Å². The summed E-state index contributed by atoms with van der Waals surface area (Å²) in [6, 6.07) is 13.2. The topological polar surface area (TPSA) is 203 Å². The maximum Gasteiger partial charge on any atom is 0.294 e. The van der Waals surface area contributed by atoms with Crippen molar-refractivity contribution >= 4 is 56.6 Å². The van der Waals surface area contributed by atoms with E-state index in [4.69, 9.17) is 4.74 Å². The number of aromatic hydroxyl groups is 1. The third-order valence-electron chi connectivity index (χ3n) is 15.8. The maximum absolute atomic E-state index is 13.3. The van der Waals surface area contributed by atoms with E-state index in [0.29, 0.717) is 70.2 Å². The molecule has 0 bridgehead atoms. The minimum absolute atomic E-state index is 0.109. The number of Topliss-reactive ketones (excluding diaryl/α,β-unsaturated/α-hetero) is 1. The zero-order valence-electron chi connectivity index (χ0n) is 45.5. The van der Waals surface area contributed by atoms with Crippen molar-refractivity contribution in [3.63, 3.8) is 0 Å². The smallest absolute Gasteiger partial charge is 0.294 e. The number of fused-ring (bicyclic) bond motifs is 3. The largest absolute Gasteiger partial charge is 0.507 e. The molecule has 0 saturated carbocycles. The number of anilines is 1. The number of rotatable bonds is 24. The monoisotopic (exact) mass is 1060 g/mol. The molecule has 0 spiro atoms. The first-order valence-corrected chi connectivity index (χ1v) is 28.2. The van der Waals surface area contributed by atoms with Crippen LogP contribution >= 0.6 is 0 Å². The van der Waals surface area contributed by atoms with Gasteiger partial charge in [0.05, 0.1) is 10.3 Å². The van der Waals surface area contributed by atoms with Crippen LogP contribution in [0.15, 0.2) is 95.6 Å². The number of para-hydroxylation sites is 1. The molecule has 15 nitrogen and oxygen atoms in total. The number of allylic oxidation sites excluding steroid dienone is 6. The van der Waals surface area contributed by atoms with Crippen molar-refractivity contribution < 1.29 is 51.4 Å². The van der Waals surface area contributed by atoms with Crippen LogP contribution in [0.5, 0.6) is 11.5 Å². The summed E-state index contributed by atoms with van der Waals surface area (Å²) in [4.78, 5) is 65.6. The molecule has 76 heavy (non-hydrogen) atoms. The summed E-state index contributed by atoms with van der Waals surface area (Å²) in [6.45, 7) is 18.1. The highest BCUT2D eigenvalue weighted by molar-refractivity contribution is 7.85. The molecule has 16 heteroatoms. The first kappa shape index (κ1) is 57.1. The van der Waals surface area contributed by atoms with Gasteiger partial charge in [-0.15, -0.1) is 0 Å². The summed E-state index contributed by atoms with van der Waals surface area (Å²) in [5.41, 5.74) is 7.54. The Morgan fingerprint density at radius 1 is 0.750 bits per heavy atom. The number of phenolic OH excluding ortho intramolecular Hbond substituents is 1. The number of nitrogens with one attached hydrogen (secondary N) is 2. The Bertz CT molecular complexity index is 3040. The van der Waals surface area contributed by atoms with Gasteiger partial charge in [0.1, 0.15) is 23.8 Å². The van der Waals surface area contributed by atoms with E-state index in [2.05, 4.69) is 64.3 Å². The maximum atomic E-state index is 13.3. The summed E-state index contributed by atoms with van der Waals surface area (Å²) in [5, 5.41) is 16.3. The first-order chi connectivity index (χ1) is 36.0. The molecular weight excluding hydrogens is 983 g/mol. The summed E-state index contributed by atoms with van der Waals surface area (Å²) in [5.74, 6) is 0.0269. The lowest BCUT2D eigenvalue weighted by Crippen LogP contribution is -2.51. The van der Waals surface area contributed by atoms with E-state index in [-0.39, 0.29) is 58.6 Å². The van der Waals surface area contributed by atoms with Gasteiger partial charge < -0.3 is 25.4 Å². The van der Waals surface area contributed by atoms with Gasteiger partial charge >= 0.3 is 0 Å². The summed E-state index contributed by atoms with van der Waals surface area (Å²) < 4.78 is 43.2. The fraction of sp³-hybridized carbons (Fsp3) is 0.467. The molecule has 3 aromatic rings. The number of benzene rings is 3. The molecule has 4 N–H and O–H groups in total. The van der Waals surface area contributed by atoms with Gasteiger partial charge in [-0.2, -0.15) is 13.0 Å². The fourth-order valence-corrected chi connectivity index (χ4v) is 11.6. The van der Waals surface area contributed by atoms with Crippen molar-refractivity contribution in [1.29, 1.82) is 0 Å². The van der Waals surface area contributed by atoms with Gasteiger partial charge in [0.25, 0.3) is 27.8 Å². The SMILES string of the molecule is Cc1c(C)c2c(c(C)c1O)CCC(C)(C(=O)NCCCC(=O)CCCCCN1C(=CC=CC=CC3=[N+](CCCCCC(=O)NCCN4C(=O)C=CC4=O)c4ccccc4C3(C)C)C(C)(C)c3cc(S(=O)(=O)O)ccc31)O2. The van der Waals surface area contributed by atoms with Crippen molar-refractivity contribution in [2.45, 2.75) is 154 Å². The number of nitrogens with zero attached hydrogens (tertiary/aromatic N) is 3. The molecule has 4 amide bonds. The molecule has 0 saturated heterocycles. The number of unbranched alkanes of at least 4 members (excludes halogenated alkanes) is 4. The van der Waals surface area contributed by atoms with Crippen LogP contribution in [0.1, 0.15) is 139 Å². The lowest BCUT2D eigenvalue weighted by Gasteiger charge is -2.36. The van der Waals surface area contributed by atoms with Gasteiger partial charge in [-0.3, -0.25) is 33.4 Å². The van der Waals surface area contributed by atoms with Crippen molar-refractivity contribution in [2.24, 2.45) is 0 Å². The van der Waals surface area contributed by atoms with Gasteiger partial charge in [0.15, 0.2) is 11.3 Å². The lowest BCUT2D eigenvalue weighted by atomic mass is 9.81. The molecule has 4 aliphatic rings. The molecule has 3 aromatic carbocycles. The fourth-order valence-electron chi connectivity index (χ4n) is 11.1. The van der Waals surface area contributed by atoms with Gasteiger partial charge in [0, 0.05) is 111 Å². The number of hydrogen-bond donors (Lipinski definition) is 4. The quantitative estimate of drug-likeness (QED) is 0.0219. The van der Waals surface area contributed by atoms with Crippen LogP contribution < -0.4 is 20.3 Å². The van der Waals surface area contributed by atoms with Gasteiger partial charge in [-0.1, -0.05) is 56.7 Å². The highest BCUT2D eigenvalue weighted by Crippen LogP contribution is 2.49. The normalized spacial score (nSPS) is 19.0. The molecule has 0 aromatic heterocycles. The number of phenols is 1. The van der Waals surface area contributed by atoms with E-state index >= 15 is 0 Å². The minimum atomic E-state index is -4.43. The third-order valence-corrected chi connectivity index (χ3v) is 16.6. The zero-order valence-corrected chi connectivity index (χ0v) is 46.3. The minimum Gasteiger partial charge on any atom is -0.507 e. The number of carbonyl (C=O) groups excluding carboxylic acids is 5. The standard InChI is InChI=1S/C60H75N5O10S/c1-40-41(2)56-45(42(3)55(40)70)32-33-60(8,75-56)57(71)62-34-20-22-43(66)21-12-10-18-37-64-49-29-28-44(76(72,73)74)39-47(49)59(6,7)51(64)26-14-9-13-25-50-58(4,5)46-23-16-17-24-48(46)63(50)36-19-11-15-27-52(67)61-35-38-65-53(68)30-31-54(65)69/h9,13-14,16-17,23-26,28-31,39H,10-12,15,18-22,27,32-38H2,1-8H3,(H3-,61,62,67,70,71,72,73,74)/p+1. The van der Waals surface area contributed by atoms with Crippen molar-refractivity contribution in [2.75, 3.05) is 37.6 Å². The van der Waals surface area contributed by atoms with Crippen molar-refractivity contribution in [3.05, 3.63) is 124 Å². The molecule has 1 atom stereocenters. The van der Waals surface area contributed by atoms with Crippen molar-refractivity contribution in [3.8, 4) is 11.5 Å². The molecule has 4 aliphatic heterocycles. The van der Waals surface area contributed by atoms with Crippen LogP contribution in [0.2, 0.25) is 0 Å². The molecule has 0 fully saturated rings. The average molecular weight is 1060 g/mol. The van der Waals surface area contributed by atoms with E-state index in [9.17, 15) is 42.0 Å². The number of ether oxygens (including phenoxy) is 1. The van der Waals surface area contributed by atoms with Crippen LogP contribution in [0.4, 0.5) is 11.4 Å². The van der Waals surface area contributed by atoms with Gasteiger partial charge in [-0.25, -0.2) is 0 Å². The second kappa shape index (κ2) is 23.7. The Balaban J connectivity index is 0.924. The number of ketones is 1. The predicted molar refractivity (Wildman–Crippen MR) is 295 cm³/mol. The number of amides is 4. The highest BCUT2D eigenvalue weighted by atomic mass is 32.2. The van der Waals surface area contributed by atoms with Gasteiger partial charge in [0.2, 0.25) is 11.6 Å². The Kier molecular flexibility index (Phi) is 17.8. The number of carbonyl (C=O) groups is 5. The summed E-state index contributed by atoms with van der Waals surface area (Å²) in [6.07, 6.45) is 20.2. The van der Waals surface area contributed by atoms with E-state index in [0.717, 1.165) is 87.7 Å².